The van der Waals surface area contributed by atoms with Crippen molar-refractivity contribution in [2.45, 2.75) is 24.9 Å². The minimum absolute atomic E-state index is 0.0554. The lowest BCUT2D eigenvalue weighted by atomic mass is 9.74. The predicted octanol–water partition coefficient (Wildman–Crippen LogP) is 12.2. The molecule has 2 unspecified atom stereocenters. The normalized spacial score (nSPS) is 17.2. The summed E-state index contributed by atoms with van der Waals surface area (Å²) in [5.74, 6) is 1.79. The molecule has 7 aromatic rings. The van der Waals surface area contributed by atoms with E-state index in [2.05, 4.69) is 152 Å². The van der Waals surface area contributed by atoms with Gasteiger partial charge in [-0.15, -0.1) is 0 Å². The standard InChI is InChI=1S/C48H34N2O/c1-3-12-33(13-4-1)42-28-38-17-9-10-18-40(38)47-46(42)41-26-25-39(29-45(41)51-47)44-30-43(49-48(50-44)35-14-5-2-6-15-35)34-22-19-32(20-23-34)37-24-21-31-11-7-8-16-36(31)27-37/h1-3,5-12,14-30,46-47H,4,13H2. The van der Waals surface area contributed by atoms with E-state index in [4.69, 9.17) is 14.7 Å². The van der Waals surface area contributed by atoms with Crippen molar-refractivity contribution in [3.05, 3.63) is 192 Å². The molecular formula is C48H34N2O. The van der Waals surface area contributed by atoms with Crippen LogP contribution in [0.4, 0.5) is 0 Å². The van der Waals surface area contributed by atoms with Gasteiger partial charge in [-0.2, -0.15) is 0 Å². The molecule has 10 rings (SSSR count). The van der Waals surface area contributed by atoms with Crippen LogP contribution in [-0.2, 0) is 0 Å². The molecule has 3 aliphatic rings. The zero-order chi connectivity index (χ0) is 33.7. The van der Waals surface area contributed by atoms with Gasteiger partial charge < -0.3 is 4.74 Å². The summed E-state index contributed by atoms with van der Waals surface area (Å²) in [5.41, 5.74) is 13.7. The number of hydrogen-bond acceptors (Lipinski definition) is 3. The van der Waals surface area contributed by atoms with Gasteiger partial charge in [0, 0.05) is 27.8 Å². The van der Waals surface area contributed by atoms with Crippen LogP contribution in [0.15, 0.2) is 175 Å². The highest BCUT2D eigenvalue weighted by Gasteiger charge is 2.42. The third-order valence-electron chi connectivity index (χ3n) is 10.6. The van der Waals surface area contributed by atoms with Crippen LogP contribution in [-0.4, -0.2) is 9.97 Å². The van der Waals surface area contributed by atoms with Gasteiger partial charge in [0.15, 0.2) is 5.82 Å². The van der Waals surface area contributed by atoms with Crippen molar-refractivity contribution in [1.82, 2.24) is 9.97 Å². The summed E-state index contributed by atoms with van der Waals surface area (Å²) in [6.45, 7) is 0. The lowest BCUT2D eigenvalue weighted by molar-refractivity contribution is 0.220. The van der Waals surface area contributed by atoms with Crippen LogP contribution >= 0.6 is 0 Å². The Bertz CT molecular complexity index is 2560. The molecule has 2 atom stereocenters. The second-order valence-electron chi connectivity index (χ2n) is 13.6. The maximum Gasteiger partial charge on any atom is 0.160 e. The Hall–Kier alpha value is -6.32. The van der Waals surface area contributed by atoms with E-state index in [-0.39, 0.29) is 12.0 Å². The summed E-state index contributed by atoms with van der Waals surface area (Å²) in [6.07, 6.45) is 11.2. The maximum atomic E-state index is 6.90. The summed E-state index contributed by atoms with van der Waals surface area (Å²) in [6, 6.07) is 51.5. The van der Waals surface area contributed by atoms with Crippen LogP contribution in [0, 0.1) is 0 Å². The zero-order valence-electron chi connectivity index (χ0n) is 28.0. The molecule has 0 saturated carbocycles. The van der Waals surface area contributed by atoms with Crippen LogP contribution in [0.5, 0.6) is 5.75 Å². The van der Waals surface area contributed by atoms with Gasteiger partial charge in [-0.05, 0) is 69.6 Å². The summed E-state index contributed by atoms with van der Waals surface area (Å²) < 4.78 is 6.90. The first-order valence-electron chi connectivity index (χ1n) is 17.8. The Labute approximate surface area is 298 Å². The summed E-state index contributed by atoms with van der Waals surface area (Å²) in [4.78, 5) is 10.2. The molecule has 0 radical (unpaired) electrons. The van der Waals surface area contributed by atoms with Crippen molar-refractivity contribution in [2.24, 2.45) is 0 Å². The van der Waals surface area contributed by atoms with Crippen molar-refractivity contribution in [3.63, 3.8) is 0 Å². The first-order valence-corrected chi connectivity index (χ1v) is 17.8. The van der Waals surface area contributed by atoms with Crippen molar-refractivity contribution in [2.75, 3.05) is 0 Å². The number of nitrogens with zero attached hydrogens (tertiary/aromatic N) is 2. The fourth-order valence-corrected chi connectivity index (χ4v) is 7.95. The minimum atomic E-state index is -0.0554. The molecule has 1 aromatic heterocycles. The lowest BCUT2D eigenvalue weighted by Gasteiger charge is -2.30. The van der Waals surface area contributed by atoms with E-state index >= 15 is 0 Å². The average molecular weight is 655 g/mol. The predicted molar refractivity (Wildman–Crippen MR) is 208 cm³/mol. The molecule has 6 aromatic carbocycles. The molecule has 51 heavy (non-hydrogen) atoms. The molecular weight excluding hydrogens is 621 g/mol. The van der Waals surface area contributed by atoms with E-state index < -0.39 is 0 Å². The number of fused-ring (bicyclic) bond motifs is 6. The Morgan fingerprint density at radius 2 is 1.27 bits per heavy atom. The van der Waals surface area contributed by atoms with Gasteiger partial charge in [-0.25, -0.2) is 9.97 Å². The first-order chi connectivity index (χ1) is 25.2. The number of rotatable bonds is 5. The zero-order valence-corrected chi connectivity index (χ0v) is 28.0. The Balaban J connectivity index is 1.04. The highest BCUT2D eigenvalue weighted by molar-refractivity contribution is 5.87. The quantitative estimate of drug-likeness (QED) is 0.185. The fourth-order valence-electron chi connectivity index (χ4n) is 7.95. The highest BCUT2D eigenvalue weighted by Crippen LogP contribution is 2.56. The molecule has 3 nitrogen and oxygen atoms in total. The number of aromatic nitrogens is 2. The maximum absolute atomic E-state index is 6.90. The van der Waals surface area contributed by atoms with Crippen LogP contribution in [0.1, 0.15) is 41.6 Å². The van der Waals surface area contributed by atoms with Gasteiger partial charge in [-0.1, -0.05) is 152 Å². The van der Waals surface area contributed by atoms with Gasteiger partial charge in [0.25, 0.3) is 0 Å². The van der Waals surface area contributed by atoms with Gasteiger partial charge in [-0.3, -0.25) is 0 Å². The minimum Gasteiger partial charge on any atom is -0.484 e. The van der Waals surface area contributed by atoms with E-state index in [0.29, 0.717) is 5.82 Å². The van der Waals surface area contributed by atoms with Crippen molar-refractivity contribution in [3.8, 4) is 50.8 Å². The number of ether oxygens (including phenoxy) is 1. The van der Waals surface area contributed by atoms with Crippen molar-refractivity contribution in [1.29, 1.82) is 0 Å². The SMILES string of the molecule is C1=CCCC(C2=Cc3ccccc3C3Oc4cc(-c5cc(-c6ccc(-c7ccc8ccccc8c7)cc6)nc(-c6ccccc6)n5)ccc4C23)=C1. The molecule has 0 amide bonds. The van der Waals surface area contributed by atoms with E-state index in [9.17, 15) is 0 Å². The number of benzene rings is 6. The number of hydrogen-bond donors (Lipinski definition) is 0. The fraction of sp³-hybridized carbons (Fsp3) is 0.0833. The van der Waals surface area contributed by atoms with E-state index in [1.54, 1.807) is 0 Å². The average Bonchev–Trinajstić information content (AvgIpc) is 3.60. The van der Waals surface area contributed by atoms with E-state index in [1.165, 1.54) is 49.7 Å². The molecule has 0 fully saturated rings. The number of allylic oxidation sites excluding steroid dienone is 4. The highest BCUT2D eigenvalue weighted by atomic mass is 16.5. The molecule has 0 N–H and O–H groups in total. The monoisotopic (exact) mass is 654 g/mol. The molecule has 242 valence electrons. The summed E-state index contributed by atoms with van der Waals surface area (Å²) >= 11 is 0. The van der Waals surface area contributed by atoms with Crippen molar-refractivity contribution < 1.29 is 4.74 Å². The van der Waals surface area contributed by atoms with Gasteiger partial charge in [0.1, 0.15) is 11.9 Å². The largest absolute Gasteiger partial charge is 0.484 e. The molecule has 2 heterocycles. The topological polar surface area (TPSA) is 35.0 Å². The van der Waals surface area contributed by atoms with Gasteiger partial charge >= 0.3 is 0 Å². The van der Waals surface area contributed by atoms with Gasteiger partial charge in [0.05, 0.1) is 17.3 Å². The second kappa shape index (κ2) is 12.2. The molecule has 3 heteroatoms. The van der Waals surface area contributed by atoms with Crippen molar-refractivity contribution >= 4 is 16.8 Å². The van der Waals surface area contributed by atoms with Crippen LogP contribution in [0.2, 0.25) is 0 Å². The third kappa shape index (κ3) is 5.30. The Morgan fingerprint density at radius 3 is 2.12 bits per heavy atom. The second-order valence-corrected chi connectivity index (χ2v) is 13.6. The van der Waals surface area contributed by atoms with Crippen LogP contribution < -0.4 is 4.74 Å². The van der Waals surface area contributed by atoms with Gasteiger partial charge in [0.2, 0.25) is 0 Å². The summed E-state index contributed by atoms with van der Waals surface area (Å²) in [5, 5.41) is 2.49. The third-order valence-corrected chi connectivity index (χ3v) is 10.6. The molecule has 1 aliphatic heterocycles. The Kier molecular flexibility index (Phi) is 7.09. The molecule has 0 bridgehead atoms. The van der Waals surface area contributed by atoms with Crippen LogP contribution in [0.3, 0.4) is 0 Å². The van der Waals surface area contributed by atoms with Crippen LogP contribution in [0.25, 0.3) is 61.9 Å². The van der Waals surface area contributed by atoms with E-state index in [0.717, 1.165) is 46.7 Å². The van der Waals surface area contributed by atoms with E-state index in [1.807, 2.05) is 18.2 Å². The summed E-state index contributed by atoms with van der Waals surface area (Å²) in [7, 11) is 0. The first kappa shape index (κ1) is 29.6. The molecule has 2 aliphatic carbocycles. The molecule has 0 spiro atoms. The lowest BCUT2D eigenvalue weighted by Crippen LogP contribution is -2.18. The Morgan fingerprint density at radius 1 is 0.549 bits per heavy atom. The molecule has 0 saturated heterocycles. The smallest absolute Gasteiger partial charge is 0.160 e.